The Hall–Kier alpha value is -1.51. The van der Waals surface area contributed by atoms with Crippen LogP contribution >= 0.6 is 0 Å². The highest BCUT2D eigenvalue weighted by Gasteiger charge is 1.97. The van der Waals surface area contributed by atoms with Crippen LogP contribution in [0.1, 0.15) is 38.2 Å². The average molecular weight is 248 g/mol. The molecule has 2 amide bonds. The number of hydrogen-bond donors (Lipinski definition) is 2. The summed E-state index contributed by atoms with van der Waals surface area (Å²) in [6.45, 7) is 3.56. The number of hydrogen-bond acceptors (Lipinski definition) is 1. The van der Waals surface area contributed by atoms with Crippen LogP contribution in [0.4, 0.5) is 4.79 Å². The summed E-state index contributed by atoms with van der Waals surface area (Å²) in [7, 11) is 0. The molecule has 18 heavy (non-hydrogen) atoms. The third-order valence-electron chi connectivity index (χ3n) is 2.81. The van der Waals surface area contributed by atoms with Crippen molar-refractivity contribution in [2.75, 3.05) is 13.1 Å². The Morgan fingerprint density at radius 3 is 2.44 bits per heavy atom. The van der Waals surface area contributed by atoms with Gasteiger partial charge in [0.15, 0.2) is 0 Å². The number of aryl methyl sites for hydroxylation is 1. The van der Waals surface area contributed by atoms with Crippen molar-refractivity contribution in [3.05, 3.63) is 35.9 Å². The smallest absolute Gasteiger partial charge is 0.314 e. The zero-order valence-corrected chi connectivity index (χ0v) is 11.2. The van der Waals surface area contributed by atoms with E-state index in [1.54, 1.807) is 0 Å². The number of carbonyl (C=O) groups is 1. The second-order valence-electron chi connectivity index (χ2n) is 4.48. The van der Waals surface area contributed by atoms with Crippen LogP contribution in [0.5, 0.6) is 0 Å². The molecule has 0 aliphatic carbocycles. The standard InChI is InChI=1S/C15H24N2O/c1-2-12-16-15(18)17-13-8-4-7-11-14-9-5-3-6-10-14/h3,5-6,9-10H,2,4,7-8,11-13H2,1H3,(H2,16,17,18). The van der Waals surface area contributed by atoms with E-state index in [-0.39, 0.29) is 6.03 Å². The molecule has 0 radical (unpaired) electrons. The Bertz CT molecular complexity index is 325. The molecule has 1 aromatic carbocycles. The van der Waals surface area contributed by atoms with E-state index in [0.717, 1.165) is 38.8 Å². The van der Waals surface area contributed by atoms with Crippen LogP contribution in [-0.4, -0.2) is 19.1 Å². The maximum absolute atomic E-state index is 11.2. The lowest BCUT2D eigenvalue weighted by Gasteiger charge is -2.06. The van der Waals surface area contributed by atoms with Gasteiger partial charge in [-0.2, -0.15) is 0 Å². The van der Waals surface area contributed by atoms with Crippen molar-refractivity contribution in [3.63, 3.8) is 0 Å². The number of benzene rings is 1. The van der Waals surface area contributed by atoms with Crippen LogP contribution in [-0.2, 0) is 6.42 Å². The fraction of sp³-hybridized carbons (Fsp3) is 0.533. The molecule has 0 aliphatic rings. The lowest BCUT2D eigenvalue weighted by Crippen LogP contribution is -2.36. The first-order chi connectivity index (χ1) is 8.83. The summed E-state index contributed by atoms with van der Waals surface area (Å²) in [5.41, 5.74) is 1.39. The van der Waals surface area contributed by atoms with E-state index >= 15 is 0 Å². The van der Waals surface area contributed by atoms with Gasteiger partial charge in [0, 0.05) is 13.1 Å². The van der Waals surface area contributed by atoms with Crippen molar-refractivity contribution in [3.8, 4) is 0 Å². The first kappa shape index (κ1) is 14.6. The van der Waals surface area contributed by atoms with Crippen molar-refractivity contribution in [1.82, 2.24) is 10.6 Å². The molecule has 0 saturated heterocycles. The summed E-state index contributed by atoms with van der Waals surface area (Å²) in [5.74, 6) is 0. The Labute approximate surface area is 110 Å². The predicted molar refractivity (Wildman–Crippen MR) is 75.7 cm³/mol. The van der Waals surface area contributed by atoms with Crippen molar-refractivity contribution in [1.29, 1.82) is 0 Å². The number of carbonyl (C=O) groups excluding carboxylic acids is 1. The van der Waals surface area contributed by atoms with Gasteiger partial charge in [-0.1, -0.05) is 43.7 Å². The van der Waals surface area contributed by atoms with Gasteiger partial charge in [0.05, 0.1) is 0 Å². The van der Waals surface area contributed by atoms with Crippen LogP contribution in [0.25, 0.3) is 0 Å². The minimum absolute atomic E-state index is 0.0418. The van der Waals surface area contributed by atoms with Crippen LogP contribution < -0.4 is 10.6 Å². The Kier molecular flexibility index (Phi) is 7.69. The molecule has 100 valence electrons. The highest BCUT2D eigenvalue weighted by molar-refractivity contribution is 5.73. The molecule has 0 atom stereocenters. The molecule has 0 fully saturated rings. The molecular formula is C15H24N2O. The number of amides is 2. The van der Waals surface area contributed by atoms with Crippen molar-refractivity contribution in [2.45, 2.75) is 39.0 Å². The minimum Gasteiger partial charge on any atom is -0.338 e. The zero-order chi connectivity index (χ0) is 13.1. The summed E-state index contributed by atoms with van der Waals surface area (Å²) in [6.07, 6.45) is 5.49. The van der Waals surface area contributed by atoms with Crippen molar-refractivity contribution >= 4 is 6.03 Å². The van der Waals surface area contributed by atoms with E-state index in [1.807, 2.05) is 13.0 Å². The summed E-state index contributed by atoms with van der Waals surface area (Å²) >= 11 is 0. The molecule has 0 saturated carbocycles. The second-order valence-corrected chi connectivity index (χ2v) is 4.48. The molecule has 1 aromatic rings. The van der Waals surface area contributed by atoms with Crippen LogP contribution in [0, 0.1) is 0 Å². The molecular weight excluding hydrogens is 224 g/mol. The van der Waals surface area contributed by atoms with Crippen LogP contribution in [0.2, 0.25) is 0 Å². The summed E-state index contributed by atoms with van der Waals surface area (Å²) in [6, 6.07) is 10.5. The fourth-order valence-electron chi connectivity index (χ4n) is 1.78. The highest BCUT2D eigenvalue weighted by atomic mass is 16.2. The van der Waals surface area contributed by atoms with Crippen LogP contribution in [0.15, 0.2) is 30.3 Å². The fourth-order valence-corrected chi connectivity index (χ4v) is 1.78. The first-order valence-electron chi connectivity index (χ1n) is 6.88. The third-order valence-corrected chi connectivity index (χ3v) is 2.81. The maximum Gasteiger partial charge on any atom is 0.314 e. The summed E-state index contributed by atoms with van der Waals surface area (Å²) in [4.78, 5) is 11.2. The predicted octanol–water partition coefficient (Wildman–Crippen LogP) is 3.11. The zero-order valence-electron chi connectivity index (χ0n) is 11.2. The van der Waals surface area contributed by atoms with Crippen molar-refractivity contribution < 1.29 is 4.79 Å². The van der Waals surface area contributed by atoms with E-state index in [0.29, 0.717) is 0 Å². The minimum atomic E-state index is -0.0418. The third kappa shape index (κ3) is 6.94. The van der Waals surface area contributed by atoms with Gasteiger partial charge in [0.2, 0.25) is 0 Å². The summed E-state index contributed by atoms with van der Waals surface area (Å²) in [5, 5.41) is 5.67. The summed E-state index contributed by atoms with van der Waals surface area (Å²) < 4.78 is 0. The van der Waals surface area contributed by atoms with Gasteiger partial charge in [0.1, 0.15) is 0 Å². The monoisotopic (exact) mass is 248 g/mol. The normalized spacial score (nSPS) is 10.1. The molecule has 0 aromatic heterocycles. The molecule has 2 N–H and O–H groups in total. The number of nitrogens with one attached hydrogen (secondary N) is 2. The quantitative estimate of drug-likeness (QED) is 0.682. The first-order valence-corrected chi connectivity index (χ1v) is 6.88. The second kappa shape index (κ2) is 9.51. The lowest BCUT2D eigenvalue weighted by atomic mass is 10.1. The van der Waals surface area contributed by atoms with E-state index in [2.05, 4.69) is 34.9 Å². The van der Waals surface area contributed by atoms with E-state index in [1.165, 1.54) is 12.0 Å². The Morgan fingerprint density at radius 2 is 1.72 bits per heavy atom. The molecule has 0 unspecified atom stereocenters. The Balaban J connectivity index is 1.94. The van der Waals surface area contributed by atoms with Crippen molar-refractivity contribution in [2.24, 2.45) is 0 Å². The highest BCUT2D eigenvalue weighted by Crippen LogP contribution is 2.05. The number of rotatable bonds is 8. The molecule has 0 aliphatic heterocycles. The Morgan fingerprint density at radius 1 is 1.00 bits per heavy atom. The van der Waals surface area contributed by atoms with Gasteiger partial charge in [-0.15, -0.1) is 0 Å². The van der Waals surface area contributed by atoms with Gasteiger partial charge in [0.25, 0.3) is 0 Å². The molecule has 0 bridgehead atoms. The van der Waals surface area contributed by atoms with Gasteiger partial charge in [-0.25, -0.2) is 4.79 Å². The largest absolute Gasteiger partial charge is 0.338 e. The topological polar surface area (TPSA) is 41.1 Å². The lowest BCUT2D eigenvalue weighted by molar-refractivity contribution is 0.240. The molecule has 0 spiro atoms. The maximum atomic E-state index is 11.2. The van der Waals surface area contributed by atoms with E-state index in [4.69, 9.17) is 0 Å². The van der Waals surface area contributed by atoms with Gasteiger partial charge in [-0.3, -0.25) is 0 Å². The van der Waals surface area contributed by atoms with E-state index in [9.17, 15) is 4.79 Å². The molecule has 0 heterocycles. The molecule has 1 rings (SSSR count). The van der Waals surface area contributed by atoms with Gasteiger partial charge < -0.3 is 10.6 Å². The SMILES string of the molecule is CCCNC(=O)NCCCCCc1ccccc1. The number of urea groups is 1. The van der Waals surface area contributed by atoms with Crippen LogP contribution in [0.3, 0.4) is 0 Å². The average Bonchev–Trinajstić information content (AvgIpc) is 2.41. The number of unbranched alkanes of at least 4 members (excludes halogenated alkanes) is 2. The van der Waals surface area contributed by atoms with Gasteiger partial charge in [-0.05, 0) is 31.2 Å². The molecule has 3 nitrogen and oxygen atoms in total. The molecule has 3 heteroatoms. The van der Waals surface area contributed by atoms with E-state index < -0.39 is 0 Å². The van der Waals surface area contributed by atoms with Gasteiger partial charge >= 0.3 is 6.03 Å².